The van der Waals surface area contributed by atoms with Crippen LogP contribution in [0, 0.1) is 5.41 Å². The lowest BCUT2D eigenvalue weighted by Gasteiger charge is -2.35. The zero-order chi connectivity index (χ0) is 12.3. The number of furan rings is 1. The summed E-state index contributed by atoms with van der Waals surface area (Å²) in [6, 6.07) is 1.82. The molecule has 17 heavy (non-hydrogen) atoms. The highest BCUT2D eigenvalue weighted by molar-refractivity contribution is 9.10. The van der Waals surface area contributed by atoms with Gasteiger partial charge in [0, 0.05) is 12.0 Å². The molecule has 0 bridgehead atoms. The van der Waals surface area contributed by atoms with E-state index < -0.39 is 6.10 Å². The predicted molar refractivity (Wildman–Crippen MR) is 70.6 cm³/mol. The first-order valence-electron chi connectivity index (χ1n) is 6.31. The lowest BCUT2D eigenvalue weighted by Crippen LogP contribution is -2.36. The van der Waals surface area contributed by atoms with E-state index in [0.717, 1.165) is 30.2 Å². The number of aliphatic hydroxyl groups is 1. The van der Waals surface area contributed by atoms with Crippen LogP contribution in [-0.2, 0) is 0 Å². The second-order valence-corrected chi connectivity index (χ2v) is 5.87. The molecule has 0 aromatic carbocycles. The third-order valence-corrected chi connectivity index (χ3v) is 4.63. The Morgan fingerprint density at radius 1 is 1.35 bits per heavy atom. The van der Waals surface area contributed by atoms with Crippen LogP contribution in [0.1, 0.15) is 50.4 Å². The van der Waals surface area contributed by atoms with Gasteiger partial charge in [0.25, 0.3) is 0 Å². The van der Waals surface area contributed by atoms with Gasteiger partial charge in [-0.3, -0.25) is 0 Å². The molecule has 1 aromatic rings. The van der Waals surface area contributed by atoms with E-state index in [9.17, 15) is 5.11 Å². The van der Waals surface area contributed by atoms with Gasteiger partial charge < -0.3 is 15.3 Å². The van der Waals surface area contributed by atoms with E-state index in [1.807, 2.05) is 6.07 Å². The second kappa shape index (κ2) is 5.55. The van der Waals surface area contributed by atoms with Gasteiger partial charge in [0.05, 0.1) is 10.7 Å². The molecule has 0 radical (unpaired) electrons. The van der Waals surface area contributed by atoms with E-state index >= 15 is 0 Å². The quantitative estimate of drug-likeness (QED) is 0.842. The fourth-order valence-corrected chi connectivity index (χ4v) is 3.22. The van der Waals surface area contributed by atoms with E-state index in [2.05, 4.69) is 15.9 Å². The van der Waals surface area contributed by atoms with Gasteiger partial charge in [0.2, 0.25) is 0 Å². The van der Waals surface area contributed by atoms with E-state index in [1.54, 1.807) is 6.26 Å². The maximum absolute atomic E-state index is 10.6. The van der Waals surface area contributed by atoms with Crippen molar-refractivity contribution in [2.75, 3.05) is 6.54 Å². The molecule has 2 rings (SSSR count). The number of aliphatic hydroxyl groups excluding tert-OH is 1. The van der Waals surface area contributed by atoms with Crippen molar-refractivity contribution < 1.29 is 9.52 Å². The van der Waals surface area contributed by atoms with E-state index in [1.165, 1.54) is 12.8 Å². The average Bonchev–Trinajstić information content (AvgIpc) is 2.64. The Morgan fingerprint density at radius 3 is 2.47 bits per heavy atom. The average molecular weight is 302 g/mol. The Morgan fingerprint density at radius 2 is 2.00 bits per heavy atom. The molecular formula is C13H20BrNO2. The van der Waals surface area contributed by atoms with Crippen molar-refractivity contribution in [1.29, 1.82) is 0 Å². The SMILES string of the molecule is NCC1(C(O)c2occc2Br)CCCCCC1. The molecule has 1 aliphatic carbocycles. The highest BCUT2D eigenvalue weighted by Crippen LogP contribution is 2.46. The van der Waals surface area contributed by atoms with Crippen LogP contribution in [0.2, 0.25) is 0 Å². The minimum absolute atomic E-state index is 0.211. The highest BCUT2D eigenvalue weighted by atomic mass is 79.9. The smallest absolute Gasteiger partial charge is 0.147 e. The van der Waals surface area contributed by atoms with Crippen LogP contribution in [0.5, 0.6) is 0 Å². The van der Waals surface area contributed by atoms with Gasteiger partial charge in [-0.1, -0.05) is 25.7 Å². The standard InChI is InChI=1S/C13H20BrNO2/c14-10-5-8-17-11(10)12(16)13(9-15)6-3-1-2-4-7-13/h5,8,12,16H,1-4,6-7,9,15H2. The first kappa shape index (κ1) is 13.1. The topological polar surface area (TPSA) is 59.4 Å². The summed E-state index contributed by atoms with van der Waals surface area (Å²) in [5, 5.41) is 10.6. The van der Waals surface area contributed by atoms with Crippen LogP contribution in [0.4, 0.5) is 0 Å². The Balaban J connectivity index is 2.24. The monoisotopic (exact) mass is 301 g/mol. The Labute approximate surface area is 111 Å². The van der Waals surface area contributed by atoms with Crippen LogP contribution in [-0.4, -0.2) is 11.7 Å². The van der Waals surface area contributed by atoms with Gasteiger partial charge in [-0.25, -0.2) is 0 Å². The molecule has 1 aliphatic rings. The van der Waals surface area contributed by atoms with Crippen molar-refractivity contribution in [2.45, 2.75) is 44.6 Å². The fourth-order valence-electron chi connectivity index (χ4n) is 2.80. The summed E-state index contributed by atoms with van der Waals surface area (Å²) in [7, 11) is 0. The van der Waals surface area contributed by atoms with Gasteiger partial charge in [-0.05, 0) is 34.8 Å². The summed E-state index contributed by atoms with van der Waals surface area (Å²) < 4.78 is 6.23. The minimum atomic E-state index is -0.602. The maximum Gasteiger partial charge on any atom is 0.147 e. The summed E-state index contributed by atoms with van der Waals surface area (Å²) in [6.07, 6.45) is 7.75. The first-order valence-corrected chi connectivity index (χ1v) is 7.10. The Bertz CT molecular complexity index is 356. The zero-order valence-electron chi connectivity index (χ0n) is 9.99. The second-order valence-electron chi connectivity index (χ2n) is 5.02. The van der Waals surface area contributed by atoms with Crippen LogP contribution in [0.15, 0.2) is 21.2 Å². The largest absolute Gasteiger partial charge is 0.465 e. The van der Waals surface area contributed by atoms with Crippen molar-refractivity contribution in [2.24, 2.45) is 11.1 Å². The first-order chi connectivity index (χ1) is 8.19. The fraction of sp³-hybridized carbons (Fsp3) is 0.692. The van der Waals surface area contributed by atoms with Gasteiger partial charge in [-0.2, -0.15) is 0 Å². The van der Waals surface area contributed by atoms with Crippen molar-refractivity contribution in [3.63, 3.8) is 0 Å². The molecule has 1 aromatic heterocycles. The lowest BCUT2D eigenvalue weighted by molar-refractivity contribution is 0.000684. The molecule has 1 unspecified atom stereocenters. The van der Waals surface area contributed by atoms with Gasteiger partial charge in [-0.15, -0.1) is 0 Å². The Kier molecular flexibility index (Phi) is 4.28. The van der Waals surface area contributed by atoms with Gasteiger partial charge in [0.1, 0.15) is 11.9 Å². The maximum atomic E-state index is 10.6. The number of rotatable bonds is 3. The molecule has 1 heterocycles. The van der Waals surface area contributed by atoms with Crippen LogP contribution >= 0.6 is 15.9 Å². The molecule has 3 N–H and O–H groups in total. The number of hydrogen-bond acceptors (Lipinski definition) is 3. The molecule has 0 saturated heterocycles. The summed E-state index contributed by atoms with van der Waals surface area (Å²) in [4.78, 5) is 0. The summed E-state index contributed by atoms with van der Waals surface area (Å²) in [5.41, 5.74) is 5.74. The van der Waals surface area contributed by atoms with Crippen molar-refractivity contribution in [1.82, 2.24) is 0 Å². The zero-order valence-corrected chi connectivity index (χ0v) is 11.6. The number of nitrogens with two attached hydrogens (primary N) is 1. The summed E-state index contributed by atoms with van der Waals surface area (Å²) in [6.45, 7) is 0.515. The number of halogens is 1. The minimum Gasteiger partial charge on any atom is -0.465 e. The van der Waals surface area contributed by atoms with Gasteiger partial charge in [0.15, 0.2) is 0 Å². The highest BCUT2D eigenvalue weighted by Gasteiger charge is 2.40. The molecule has 1 atom stereocenters. The van der Waals surface area contributed by atoms with Crippen molar-refractivity contribution >= 4 is 15.9 Å². The van der Waals surface area contributed by atoms with Crippen molar-refractivity contribution in [3.8, 4) is 0 Å². The Hall–Kier alpha value is -0.320. The normalized spacial score (nSPS) is 22.1. The van der Waals surface area contributed by atoms with E-state index in [-0.39, 0.29) is 5.41 Å². The molecule has 0 aliphatic heterocycles. The van der Waals surface area contributed by atoms with Gasteiger partial charge >= 0.3 is 0 Å². The summed E-state index contributed by atoms with van der Waals surface area (Å²) >= 11 is 3.41. The third-order valence-electron chi connectivity index (χ3n) is 3.98. The molecule has 1 saturated carbocycles. The molecule has 0 amide bonds. The summed E-state index contributed by atoms with van der Waals surface area (Å²) in [5.74, 6) is 0.623. The molecular weight excluding hydrogens is 282 g/mol. The van der Waals surface area contributed by atoms with E-state index in [4.69, 9.17) is 10.2 Å². The van der Waals surface area contributed by atoms with Crippen LogP contribution in [0.3, 0.4) is 0 Å². The van der Waals surface area contributed by atoms with E-state index in [0.29, 0.717) is 12.3 Å². The van der Waals surface area contributed by atoms with Crippen LogP contribution < -0.4 is 5.73 Å². The van der Waals surface area contributed by atoms with Crippen molar-refractivity contribution in [3.05, 3.63) is 22.6 Å². The van der Waals surface area contributed by atoms with Crippen LogP contribution in [0.25, 0.3) is 0 Å². The number of hydrogen-bond donors (Lipinski definition) is 2. The molecule has 1 fully saturated rings. The third kappa shape index (κ3) is 2.59. The molecule has 4 heteroatoms. The molecule has 96 valence electrons. The predicted octanol–water partition coefficient (Wildman–Crippen LogP) is 3.37. The lowest BCUT2D eigenvalue weighted by atomic mass is 9.74. The molecule has 3 nitrogen and oxygen atoms in total. The molecule has 0 spiro atoms.